The van der Waals surface area contributed by atoms with Gasteiger partial charge in [-0.05, 0) is 31.6 Å². The summed E-state index contributed by atoms with van der Waals surface area (Å²) in [5.41, 5.74) is 0. The Morgan fingerprint density at radius 2 is 2.05 bits per heavy atom. The standard InChI is InChI=1S/C15H24N4OS2/c1-11-6-2-3-7-12(11)16-13(20)10-21-15-18-17-14(22-15)19-8-4-5-9-19/h11-12H,2-10H2,1H3,(H,16,20). The molecule has 3 rings (SSSR count). The fraction of sp³-hybridized carbons (Fsp3) is 0.800. The Morgan fingerprint density at radius 1 is 1.27 bits per heavy atom. The number of aromatic nitrogens is 2. The van der Waals surface area contributed by atoms with Gasteiger partial charge in [-0.1, -0.05) is 42.9 Å². The first-order valence-corrected chi connectivity index (χ1v) is 10.0. The Balaban J connectivity index is 1.44. The van der Waals surface area contributed by atoms with Gasteiger partial charge in [0.1, 0.15) is 0 Å². The molecule has 2 fully saturated rings. The van der Waals surface area contributed by atoms with Crippen molar-refractivity contribution < 1.29 is 4.79 Å². The van der Waals surface area contributed by atoms with Crippen molar-refractivity contribution in [2.45, 2.75) is 55.8 Å². The molecule has 2 aliphatic rings. The third kappa shape index (κ3) is 4.13. The number of carbonyl (C=O) groups excluding carboxylic acids is 1. The normalized spacial score (nSPS) is 25.4. The smallest absolute Gasteiger partial charge is 0.230 e. The molecule has 1 saturated carbocycles. The van der Waals surface area contributed by atoms with Crippen LogP contribution in [0.3, 0.4) is 0 Å². The van der Waals surface area contributed by atoms with Gasteiger partial charge in [0, 0.05) is 19.1 Å². The quantitative estimate of drug-likeness (QED) is 0.835. The number of rotatable bonds is 5. The highest BCUT2D eigenvalue weighted by molar-refractivity contribution is 8.01. The zero-order valence-corrected chi connectivity index (χ0v) is 14.7. The maximum atomic E-state index is 12.1. The summed E-state index contributed by atoms with van der Waals surface area (Å²) in [6.07, 6.45) is 7.36. The minimum Gasteiger partial charge on any atom is -0.352 e. The van der Waals surface area contributed by atoms with Gasteiger partial charge in [-0.3, -0.25) is 4.79 Å². The van der Waals surface area contributed by atoms with Crippen LogP contribution < -0.4 is 10.2 Å². The molecule has 1 N–H and O–H groups in total. The third-order valence-electron chi connectivity index (χ3n) is 4.56. The second-order valence-corrected chi connectivity index (χ2v) is 8.45. The SMILES string of the molecule is CC1CCCCC1NC(=O)CSc1nnc(N2CCCC2)s1. The average Bonchev–Trinajstić information content (AvgIpc) is 3.18. The van der Waals surface area contributed by atoms with E-state index in [1.165, 1.54) is 43.9 Å². The number of nitrogens with zero attached hydrogens (tertiary/aromatic N) is 3. The predicted octanol–water partition coefficient (Wildman–Crippen LogP) is 2.93. The molecule has 2 atom stereocenters. The second kappa shape index (κ2) is 7.64. The largest absolute Gasteiger partial charge is 0.352 e. The van der Waals surface area contributed by atoms with Gasteiger partial charge in [-0.15, -0.1) is 10.2 Å². The van der Waals surface area contributed by atoms with Crippen molar-refractivity contribution in [2.75, 3.05) is 23.7 Å². The van der Waals surface area contributed by atoms with Gasteiger partial charge in [0.2, 0.25) is 11.0 Å². The molecule has 1 saturated heterocycles. The lowest BCUT2D eigenvalue weighted by Crippen LogP contribution is -2.41. The predicted molar refractivity (Wildman–Crippen MR) is 91.6 cm³/mol. The summed E-state index contributed by atoms with van der Waals surface area (Å²) in [5.74, 6) is 1.17. The summed E-state index contributed by atoms with van der Waals surface area (Å²) < 4.78 is 0.897. The molecule has 1 amide bonds. The van der Waals surface area contributed by atoms with Crippen molar-refractivity contribution in [3.63, 3.8) is 0 Å². The van der Waals surface area contributed by atoms with E-state index in [1.807, 2.05) is 0 Å². The average molecular weight is 341 g/mol. The van der Waals surface area contributed by atoms with E-state index in [1.54, 1.807) is 11.3 Å². The summed E-state index contributed by atoms with van der Waals surface area (Å²) in [5, 5.41) is 12.6. The second-order valence-electron chi connectivity index (χ2n) is 6.27. The Labute approximate surface area is 140 Å². The third-order valence-corrected chi connectivity index (χ3v) is 6.67. The molecule has 0 aromatic carbocycles. The molecule has 1 aromatic heterocycles. The Hall–Kier alpha value is -0.820. The van der Waals surface area contributed by atoms with Gasteiger partial charge in [0.05, 0.1) is 5.75 Å². The van der Waals surface area contributed by atoms with Crippen LogP contribution in [0.5, 0.6) is 0 Å². The highest BCUT2D eigenvalue weighted by Crippen LogP contribution is 2.30. The number of nitrogens with one attached hydrogen (secondary N) is 1. The molecule has 7 heteroatoms. The van der Waals surface area contributed by atoms with Crippen LogP contribution >= 0.6 is 23.1 Å². The van der Waals surface area contributed by atoms with Crippen molar-refractivity contribution in [3.8, 4) is 0 Å². The van der Waals surface area contributed by atoms with Gasteiger partial charge in [-0.2, -0.15) is 0 Å². The Bertz CT molecular complexity index is 501. The van der Waals surface area contributed by atoms with Crippen molar-refractivity contribution in [3.05, 3.63) is 0 Å². The van der Waals surface area contributed by atoms with Gasteiger partial charge in [0.15, 0.2) is 4.34 Å². The van der Waals surface area contributed by atoms with Crippen LogP contribution in [0, 0.1) is 5.92 Å². The fourth-order valence-corrected chi connectivity index (χ4v) is 4.91. The Kier molecular flexibility index (Phi) is 5.57. The van der Waals surface area contributed by atoms with E-state index in [0.29, 0.717) is 17.7 Å². The summed E-state index contributed by atoms with van der Waals surface area (Å²) in [6, 6.07) is 0.358. The van der Waals surface area contributed by atoms with Gasteiger partial charge < -0.3 is 10.2 Å². The molecule has 2 unspecified atom stereocenters. The van der Waals surface area contributed by atoms with E-state index >= 15 is 0 Å². The molecule has 0 bridgehead atoms. The lowest BCUT2D eigenvalue weighted by atomic mass is 9.86. The number of carbonyl (C=O) groups is 1. The van der Waals surface area contributed by atoms with Crippen LogP contribution in [-0.2, 0) is 4.79 Å². The van der Waals surface area contributed by atoms with Crippen molar-refractivity contribution >= 4 is 34.1 Å². The molecule has 1 aliphatic carbocycles. The number of amides is 1. The number of hydrogen-bond donors (Lipinski definition) is 1. The van der Waals surface area contributed by atoms with Crippen molar-refractivity contribution in [1.29, 1.82) is 0 Å². The van der Waals surface area contributed by atoms with E-state index < -0.39 is 0 Å². The molecule has 1 aliphatic heterocycles. The molecular formula is C15H24N4OS2. The number of thioether (sulfide) groups is 1. The van der Waals surface area contributed by atoms with Crippen LogP contribution in [0.25, 0.3) is 0 Å². The summed E-state index contributed by atoms with van der Waals surface area (Å²) >= 11 is 3.11. The Morgan fingerprint density at radius 3 is 2.82 bits per heavy atom. The first kappa shape index (κ1) is 16.1. The van der Waals surface area contributed by atoms with E-state index in [9.17, 15) is 4.79 Å². The zero-order chi connectivity index (χ0) is 15.4. The monoisotopic (exact) mass is 340 g/mol. The highest BCUT2D eigenvalue weighted by Gasteiger charge is 2.23. The molecule has 0 spiro atoms. The number of anilines is 1. The summed E-state index contributed by atoms with van der Waals surface area (Å²) in [4.78, 5) is 14.4. The first-order chi connectivity index (χ1) is 10.7. The van der Waals surface area contributed by atoms with Crippen molar-refractivity contribution in [2.24, 2.45) is 5.92 Å². The van der Waals surface area contributed by atoms with E-state index in [2.05, 4.69) is 27.3 Å². The molecule has 22 heavy (non-hydrogen) atoms. The van der Waals surface area contributed by atoms with E-state index in [4.69, 9.17) is 0 Å². The van der Waals surface area contributed by atoms with E-state index in [0.717, 1.165) is 29.0 Å². The minimum atomic E-state index is 0.127. The van der Waals surface area contributed by atoms with Crippen LogP contribution in [0.1, 0.15) is 45.4 Å². The van der Waals surface area contributed by atoms with E-state index in [-0.39, 0.29) is 5.91 Å². The van der Waals surface area contributed by atoms with Crippen molar-refractivity contribution in [1.82, 2.24) is 15.5 Å². The topological polar surface area (TPSA) is 58.1 Å². The number of hydrogen-bond acceptors (Lipinski definition) is 6. The van der Waals surface area contributed by atoms with Gasteiger partial charge >= 0.3 is 0 Å². The summed E-state index contributed by atoms with van der Waals surface area (Å²) in [7, 11) is 0. The van der Waals surface area contributed by atoms with Crippen LogP contribution in [0.15, 0.2) is 4.34 Å². The fourth-order valence-electron chi connectivity index (χ4n) is 3.20. The molecule has 2 heterocycles. The molecule has 5 nitrogen and oxygen atoms in total. The minimum absolute atomic E-state index is 0.127. The van der Waals surface area contributed by atoms with Crippen LogP contribution in [0.4, 0.5) is 5.13 Å². The maximum Gasteiger partial charge on any atom is 0.230 e. The van der Waals surface area contributed by atoms with Crippen LogP contribution in [0.2, 0.25) is 0 Å². The zero-order valence-electron chi connectivity index (χ0n) is 13.1. The van der Waals surface area contributed by atoms with Gasteiger partial charge in [0.25, 0.3) is 0 Å². The first-order valence-electron chi connectivity index (χ1n) is 8.23. The molecule has 0 radical (unpaired) electrons. The molecular weight excluding hydrogens is 316 g/mol. The van der Waals surface area contributed by atoms with Gasteiger partial charge in [-0.25, -0.2) is 0 Å². The molecule has 1 aromatic rings. The summed E-state index contributed by atoms with van der Waals surface area (Å²) in [6.45, 7) is 4.41. The molecule has 122 valence electrons. The van der Waals surface area contributed by atoms with Crippen LogP contribution in [-0.4, -0.2) is 41.0 Å². The highest BCUT2D eigenvalue weighted by atomic mass is 32.2. The lowest BCUT2D eigenvalue weighted by molar-refractivity contribution is -0.119. The lowest BCUT2D eigenvalue weighted by Gasteiger charge is -2.29. The maximum absolute atomic E-state index is 12.1.